The summed E-state index contributed by atoms with van der Waals surface area (Å²) in [7, 11) is 1.60. The van der Waals surface area contributed by atoms with Crippen LogP contribution in [0.2, 0.25) is 0 Å². The zero-order valence-electron chi connectivity index (χ0n) is 15.6. The maximum atomic E-state index is 12.3. The minimum absolute atomic E-state index is 0.0403. The number of alkyl carbamates (subject to hydrolysis) is 1. The first kappa shape index (κ1) is 21.3. The Kier molecular flexibility index (Phi) is 8.81. The van der Waals surface area contributed by atoms with Crippen LogP contribution >= 0.6 is 11.8 Å². The third-order valence-electron chi connectivity index (χ3n) is 3.50. The molecule has 0 aliphatic carbocycles. The summed E-state index contributed by atoms with van der Waals surface area (Å²) in [6.07, 6.45) is 0.177. The summed E-state index contributed by atoms with van der Waals surface area (Å²) >= 11 is 1.66. The molecule has 0 bridgehead atoms. The Morgan fingerprint density at radius 1 is 1.32 bits per heavy atom. The predicted molar refractivity (Wildman–Crippen MR) is 101 cm³/mol. The monoisotopic (exact) mass is 364 g/mol. The second-order valence-corrected chi connectivity index (χ2v) is 8.23. The summed E-state index contributed by atoms with van der Waals surface area (Å²) in [4.78, 5) is 13.4. The van der Waals surface area contributed by atoms with Crippen LogP contribution < -0.4 is 5.32 Å². The molecule has 0 spiro atoms. The summed E-state index contributed by atoms with van der Waals surface area (Å²) in [5.41, 5.74) is -0.570. The van der Waals surface area contributed by atoms with Crippen LogP contribution in [-0.2, 0) is 9.47 Å². The largest absolute Gasteiger partial charge is 0.444 e. The number of nitrogens with zero attached hydrogens (tertiary/aromatic N) is 1. The fourth-order valence-corrected chi connectivity index (χ4v) is 3.53. The van der Waals surface area contributed by atoms with Gasteiger partial charge in [-0.2, -0.15) is 5.26 Å². The highest BCUT2D eigenvalue weighted by Gasteiger charge is 2.30. The molecule has 1 aromatic carbocycles. The standard InChI is InChI=1S/C19H28N2O3S/c1-14(25-15-10-7-6-8-11-15)17(16(23-5)12-9-13-20)21-18(22)24-19(2,3)4/h6-8,10-11,14,16-17H,9,12H2,1-5H3,(H,21,22). The maximum Gasteiger partial charge on any atom is 0.407 e. The number of carbonyl (C=O) groups excluding carboxylic acids is 1. The molecule has 1 N–H and O–H groups in total. The fraction of sp³-hybridized carbons (Fsp3) is 0.579. The summed E-state index contributed by atoms with van der Waals surface area (Å²) in [6.45, 7) is 7.52. The molecule has 1 amide bonds. The van der Waals surface area contributed by atoms with E-state index >= 15 is 0 Å². The number of benzene rings is 1. The van der Waals surface area contributed by atoms with Crippen LogP contribution in [0.15, 0.2) is 35.2 Å². The summed E-state index contributed by atoms with van der Waals surface area (Å²) in [6, 6.07) is 11.8. The second kappa shape index (κ2) is 10.3. The molecule has 0 fully saturated rings. The van der Waals surface area contributed by atoms with E-state index in [9.17, 15) is 4.79 Å². The first-order chi connectivity index (χ1) is 11.8. The minimum Gasteiger partial charge on any atom is -0.444 e. The Bertz CT molecular complexity index is 566. The van der Waals surface area contributed by atoms with Crippen LogP contribution in [0, 0.1) is 11.3 Å². The molecule has 0 aliphatic heterocycles. The number of hydrogen-bond acceptors (Lipinski definition) is 5. The number of nitriles is 1. The van der Waals surface area contributed by atoms with E-state index in [2.05, 4.69) is 11.4 Å². The van der Waals surface area contributed by atoms with Gasteiger partial charge in [-0.15, -0.1) is 11.8 Å². The molecule has 0 radical (unpaired) electrons. The second-order valence-electron chi connectivity index (χ2n) is 6.78. The molecular formula is C19H28N2O3S. The lowest BCUT2D eigenvalue weighted by atomic mass is 10.0. The Morgan fingerprint density at radius 2 is 1.96 bits per heavy atom. The molecule has 0 heterocycles. The molecule has 0 saturated heterocycles. The van der Waals surface area contributed by atoms with Crippen molar-refractivity contribution < 1.29 is 14.3 Å². The molecule has 3 atom stereocenters. The highest BCUT2D eigenvalue weighted by molar-refractivity contribution is 8.00. The Hall–Kier alpha value is -1.71. The van der Waals surface area contributed by atoms with Crippen molar-refractivity contribution in [2.45, 2.75) is 68.4 Å². The van der Waals surface area contributed by atoms with Crippen molar-refractivity contribution in [3.63, 3.8) is 0 Å². The van der Waals surface area contributed by atoms with E-state index in [0.717, 1.165) is 4.90 Å². The van der Waals surface area contributed by atoms with Crippen LogP contribution in [0.25, 0.3) is 0 Å². The van der Waals surface area contributed by atoms with E-state index in [-0.39, 0.29) is 17.4 Å². The molecule has 6 heteroatoms. The lowest BCUT2D eigenvalue weighted by molar-refractivity contribution is 0.0317. The Morgan fingerprint density at radius 3 is 2.48 bits per heavy atom. The molecule has 5 nitrogen and oxygen atoms in total. The smallest absolute Gasteiger partial charge is 0.407 e. The van der Waals surface area contributed by atoms with Gasteiger partial charge in [0.1, 0.15) is 5.60 Å². The van der Waals surface area contributed by atoms with Crippen molar-refractivity contribution in [1.29, 1.82) is 5.26 Å². The SMILES string of the molecule is COC(CCC#N)C(NC(=O)OC(C)(C)C)C(C)Sc1ccccc1. The number of methoxy groups -OCH3 is 1. The molecule has 0 aliphatic rings. The number of nitrogens with one attached hydrogen (secondary N) is 1. The van der Waals surface area contributed by atoms with Gasteiger partial charge in [0, 0.05) is 23.7 Å². The number of amides is 1. The van der Waals surface area contributed by atoms with E-state index in [1.165, 1.54) is 0 Å². The van der Waals surface area contributed by atoms with Crippen molar-refractivity contribution in [2.24, 2.45) is 0 Å². The summed E-state index contributed by atoms with van der Waals surface area (Å²) in [5, 5.41) is 11.9. The molecule has 138 valence electrons. The Labute approximate surface area is 155 Å². The van der Waals surface area contributed by atoms with Crippen LogP contribution in [-0.4, -0.2) is 36.2 Å². The van der Waals surface area contributed by atoms with E-state index in [4.69, 9.17) is 14.7 Å². The Balaban J connectivity index is 2.88. The van der Waals surface area contributed by atoms with Gasteiger partial charge in [-0.25, -0.2) is 4.79 Å². The zero-order chi connectivity index (χ0) is 18.9. The van der Waals surface area contributed by atoms with E-state index in [0.29, 0.717) is 12.8 Å². The van der Waals surface area contributed by atoms with Gasteiger partial charge in [0.05, 0.1) is 18.2 Å². The average molecular weight is 365 g/mol. The van der Waals surface area contributed by atoms with Gasteiger partial charge >= 0.3 is 6.09 Å². The molecule has 3 unspecified atom stereocenters. The molecule has 0 aromatic heterocycles. The van der Waals surface area contributed by atoms with Gasteiger partial charge in [0.15, 0.2) is 0 Å². The number of thioether (sulfide) groups is 1. The number of carbonyl (C=O) groups is 1. The first-order valence-corrected chi connectivity index (χ1v) is 9.25. The van der Waals surface area contributed by atoms with Crippen molar-refractivity contribution in [1.82, 2.24) is 5.32 Å². The van der Waals surface area contributed by atoms with Crippen molar-refractivity contribution in [3.05, 3.63) is 30.3 Å². The number of rotatable bonds is 8. The normalized spacial score (nSPS) is 14.9. The average Bonchev–Trinajstić information content (AvgIpc) is 2.53. The van der Waals surface area contributed by atoms with Crippen molar-refractivity contribution >= 4 is 17.9 Å². The van der Waals surface area contributed by atoms with Crippen LogP contribution in [0.5, 0.6) is 0 Å². The first-order valence-electron chi connectivity index (χ1n) is 8.37. The zero-order valence-corrected chi connectivity index (χ0v) is 16.4. The highest BCUT2D eigenvalue weighted by atomic mass is 32.2. The van der Waals surface area contributed by atoms with Gasteiger partial charge in [-0.05, 0) is 39.3 Å². The van der Waals surface area contributed by atoms with E-state index in [1.807, 2.05) is 58.0 Å². The predicted octanol–water partition coefficient (Wildman–Crippen LogP) is 4.38. The highest BCUT2D eigenvalue weighted by Crippen LogP contribution is 2.28. The topological polar surface area (TPSA) is 71.3 Å². The molecule has 1 aromatic rings. The third-order valence-corrected chi connectivity index (χ3v) is 4.71. The summed E-state index contributed by atoms with van der Waals surface area (Å²) in [5.74, 6) is 0. The van der Waals surface area contributed by atoms with Crippen LogP contribution in [0.4, 0.5) is 4.79 Å². The van der Waals surface area contributed by atoms with Crippen LogP contribution in [0.3, 0.4) is 0 Å². The lowest BCUT2D eigenvalue weighted by Crippen LogP contribution is -2.50. The van der Waals surface area contributed by atoms with Gasteiger partial charge in [-0.1, -0.05) is 25.1 Å². The van der Waals surface area contributed by atoms with Gasteiger partial charge in [0.25, 0.3) is 0 Å². The van der Waals surface area contributed by atoms with Gasteiger partial charge in [-0.3, -0.25) is 0 Å². The van der Waals surface area contributed by atoms with Crippen LogP contribution in [0.1, 0.15) is 40.5 Å². The van der Waals surface area contributed by atoms with E-state index < -0.39 is 11.7 Å². The third kappa shape index (κ3) is 8.28. The fourth-order valence-electron chi connectivity index (χ4n) is 2.39. The quantitative estimate of drug-likeness (QED) is 0.693. The molecule has 0 saturated carbocycles. The maximum absolute atomic E-state index is 12.3. The summed E-state index contributed by atoms with van der Waals surface area (Å²) < 4.78 is 11.0. The van der Waals surface area contributed by atoms with Crippen molar-refractivity contribution in [3.8, 4) is 6.07 Å². The van der Waals surface area contributed by atoms with Gasteiger partial charge in [0.2, 0.25) is 0 Å². The molecule has 25 heavy (non-hydrogen) atoms. The number of ether oxygens (including phenoxy) is 2. The molecule has 1 rings (SSSR count). The lowest BCUT2D eigenvalue weighted by Gasteiger charge is -2.32. The number of hydrogen-bond donors (Lipinski definition) is 1. The van der Waals surface area contributed by atoms with Gasteiger partial charge < -0.3 is 14.8 Å². The van der Waals surface area contributed by atoms with E-state index in [1.54, 1.807) is 18.9 Å². The minimum atomic E-state index is -0.570. The van der Waals surface area contributed by atoms with Crippen molar-refractivity contribution in [2.75, 3.05) is 7.11 Å². The molecular weight excluding hydrogens is 336 g/mol.